The van der Waals surface area contributed by atoms with Crippen molar-refractivity contribution in [2.75, 3.05) is 12.8 Å². The Morgan fingerprint density at radius 3 is 2.67 bits per heavy atom. The van der Waals surface area contributed by atoms with Gasteiger partial charge in [0.1, 0.15) is 11.6 Å². The first-order valence-electron chi connectivity index (χ1n) is 6.75. The molecule has 21 heavy (non-hydrogen) atoms. The second-order valence-corrected chi connectivity index (χ2v) is 4.54. The van der Waals surface area contributed by atoms with Crippen molar-refractivity contribution in [1.29, 1.82) is 0 Å². The third-order valence-electron chi connectivity index (χ3n) is 2.87. The highest BCUT2D eigenvalue weighted by Gasteiger charge is 2.09. The highest BCUT2D eigenvalue weighted by Crippen LogP contribution is 2.32. The second-order valence-electron chi connectivity index (χ2n) is 4.54. The zero-order valence-corrected chi connectivity index (χ0v) is 12.2. The summed E-state index contributed by atoms with van der Waals surface area (Å²) < 4.78 is 11.0. The van der Waals surface area contributed by atoms with E-state index < -0.39 is 0 Å². The number of nitrogen functional groups attached to an aromatic ring is 1. The monoisotopic (exact) mass is 289 g/mol. The predicted octanol–water partition coefficient (Wildman–Crippen LogP) is 2.30. The molecule has 6 nitrogen and oxygen atoms in total. The smallest absolute Gasteiger partial charge is 0.224 e. The van der Waals surface area contributed by atoms with E-state index in [1.165, 1.54) is 0 Å². The molecule has 0 aliphatic rings. The number of methoxy groups -OCH3 is 1. The fourth-order valence-electron chi connectivity index (χ4n) is 1.89. The van der Waals surface area contributed by atoms with Crippen molar-refractivity contribution in [3.63, 3.8) is 0 Å². The fraction of sp³-hybridized carbons (Fsp3) is 0.333. The van der Waals surface area contributed by atoms with Gasteiger partial charge in [-0.25, -0.2) is 4.98 Å². The van der Waals surface area contributed by atoms with Gasteiger partial charge in [0.15, 0.2) is 11.5 Å². The number of aryl methyl sites for hydroxylation is 1. The van der Waals surface area contributed by atoms with E-state index in [9.17, 15) is 0 Å². The molecule has 0 aliphatic heterocycles. The van der Waals surface area contributed by atoms with Gasteiger partial charge < -0.3 is 20.3 Å². The van der Waals surface area contributed by atoms with Gasteiger partial charge in [0.05, 0.1) is 13.7 Å². The molecule has 0 saturated carbocycles. The average molecular weight is 289 g/mol. The first-order chi connectivity index (χ1) is 10.2. The summed E-state index contributed by atoms with van der Waals surface area (Å²) in [6.07, 6.45) is 1.67. The number of nitrogens with zero attached hydrogens (tertiary/aromatic N) is 2. The maximum Gasteiger partial charge on any atom is 0.224 e. The zero-order valence-electron chi connectivity index (χ0n) is 12.2. The van der Waals surface area contributed by atoms with Crippen LogP contribution in [0.1, 0.15) is 24.7 Å². The van der Waals surface area contributed by atoms with Crippen molar-refractivity contribution in [2.45, 2.75) is 26.4 Å². The summed E-state index contributed by atoms with van der Waals surface area (Å²) in [5.74, 6) is 2.43. The molecule has 0 radical (unpaired) electrons. The Kier molecular flexibility index (Phi) is 4.94. The summed E-state index contributed by atoms with van der Waals surface area (Å²) in [6.45, 7) is 1.99. The molecule has 0 unspecified atom stereocenters. The van der Waals surface area contributed by atoms with Gasteiger partial charge in [0, 0.05) is 12.5 Å². The van der Waals surface area contributed by atoms with Gasteiger partial charge in [-0.2, -0.15) is 4.98 Å². The van der Waals surface area contributed by atoms with E-state index in [1.54, 1.807) is 31.4 Å². The van der Waals surface area contributed by atoms with Gasteiger partial charge >= 0.3 is 0 Å². The van der Waals surface area contributed by atoms with E-state index in [2.05, 4.69) is 9.97 Å². The molecule has 3 N–H and O–H groups in total. The molecule has 0 amide bonds. The van der Waals surface area contributed by atoms with E-state index in [0.29, 0.717) is 29.0 Å². The topological polar surface area (TPSA) is 90.5 Å². The maximum atomic E-state index is 9.14. The van der Waals surface area contributed by atoms with Crippen molar-refractivity contribution in [3.05, 3.63) is 35.7 Å². The number of aliphatic hydroxyl groups is 1. The van der Waals surface area contributed by atoms with Crippen LogP contribution in [-0.2, 0) is 13.0 Å². The van der Waals surface area contributed by atoms with Crippen molar-refractivity contribution < 1.29 is 14.6 Å². The van der Waals surface area contributed by atoms with Crippen molar-refractivity contribution in [3.8, 4) is 17.4 Å². The number of benzene rings is 1. The number of aliphatic hydroxyl groups excluding tert-OH is 1. The summed E-state index contributed by atoms with van der Waals surface area (Å²) in [5, 5.41) is 9.14. The lowest BCUT2D eigenvalue weighted by Crippen LogP contribution is -2.02. The number of hydrogen-bond donors (Lipinski definition) is 2. The number of aromatic nitrogens is 2. The van der Waals surface area contributed by atoms with Crippen LogP contribution in [0.5, 0.6) is 17.4 Å². The van der Waals surface area contributed by atoms with Crippen molar-refractivity contribution in [1.82, 2.24) is 9.97 Å². The van der Waals surface area contributed by atoms with E-state index in [-0.39, 0.29) is 6.61 Å². The molecule has 2 rings (SSSR count). The van der Waals surface area contributed by atoms with E-state index in [0.717, 1.165) is 18.4 Å². The van der Waals surface area contributed by atoms with Gasteiger partial charge in [-0.15, -0.1) is 0 Å². The molecule has 0 aliphatic carbocycles. The summed E-state index contributed by atoms with van der Waals surface area (Å²) in [5.41, 5.74) is 6.51. The summed E-state index contributed by atoms with van der Waals surface area (Å²) in [4.78, 5) is 8.48. The zero-order chi connectivity index (χ0) is 15.2. The Bertz CT molecular complexity index is 617. The third-order valence-corrected chi connectivity index (χ3v) is 2.87. The van der Waals surface area contributed by atoms with Crippen molar-refractivity contribution >= 4 is 5.82 Å². The molecule has 0 atom stereocenters. The highest BCUT2D eigenvalue weighted by molar-refractivity contribution is 5.45. The lowest BCUT2D eigenvalue weighted by molar-refractivity contribution is 0.280. The normalized spacial score (nSPS) is 10.4. The largest absolute Gasteiger partial charge is 0.493 e. The summed E-state index contributed by atoms with van der Waals surface area (Å²) >= 11 is 0. The van der Waals surface area contributed by atoms with Gasteiger partial charge in [-0.05, 0) is 24.1 Å². The van der Waals surface area contributed by atoms with Gasteiger partial charge in [-0.3, -0.25) is 0 Å². The van der Waals surface area contributed by atoms with E-state index in [1.807, 2.05) is 6.92 Å². The van der Waals surface area contributed by atoms with Crippen LogP contribution in [0.4, 0.5) is 5.82 Å². The lowest BCUT2D eigenvalue weighted by Gasteiger charge is -2.11. The number of hydrogen-bond acceptors (Lipinski definition) is 6. The third kappa shape index (κ3) is 3.82. The van der Waals surface area contributed by atoms with Gasteiger partial charge in [0.2, 0.25) is 5.88 Å². The maximum absolute atomic E-state index is 9.14. The Balaban J connectivity index is 2.29. The van der Waals surface area contributed by atoms with Crippen LogP contribution in [0.3, 0.4) is 0 Å². The molecule has 0 bridgehead atoms. The molecule has 112 valence electrons. The molecule has 1 heterocycles. The molecule has 2 aromatic rings. The SMILES string of the molecule is CCCc1nc(N)cc(Oc2ccc(CO)cc2OC)n1. The predicted molar refractivity (Wildman–Crippen MR) is 79.4 cm³/mol. The number of rotatable bonds is 6. The van der Waals surface area contributed by atoms with Crippen LogP contribution in [-0.4, -0.2) is 22.2 Å². The number of anilines is 1. The van der Waals surface area contributed by atoms with Crippen molar-refractivity contribution in [2.24, 2.45) is 0 Å². The van der Waals surface area contributed by atoms with E-state index in [4.69, 9.17) is 20.3 Å². The Morgan fingerprint density at radius 2 is 2.00 bits per heavy atom. The fourth-order valence-corrected chi connectivity index (χ4v) is 1.89. The van der Waals surface area contributed by atoms with Crippen LogP contribution in [0, 0.1) is 0 Å². The average Bonchev–Trinajstić information content (AvgIpc) is 2.47. The Hall–Kier alpha value is -2.34. The minimum atomic E-state index is -0.0578. The van der Waals surface area contributed by atoms with Crippen LogP contribution >= 0.6 is 0 Å². The Morgan fingerprint density at radius 1 is 1.19 bits per heavy atom. The molecule has 1 aromatic heterocycles. The highest BCUT2D eigenvalue weighted by atomic mass is 16.5. The van der Waals surface area contributed by atoms with Gasteiger partial charge in [-0.1, -0.05) is 13.0 Å². The lowest BCUT2D eigenvalue weighted by atomic mass is 10.2. The van der Waals surface area contributed by atoms with Gasteiger partial charge in [0.25, 0.3) is 0 Å². The summed E-state index contributed by atoms with van der Waals surface area (Å²) in [7, 11) is 1.54. The van der Waals surface area contributed by atoms with Crippen LogP contribution in [0.15, 0.2) is 24.3 Å². The standard InChI is InChI=1S/C15H19N3O3/c1-3-4-14-17-13(16)8-15(18-14)21-11-6-5-10(9-19)7-12(11)20-2/h5-8,19H,3-4,9H2,1-2H3,(H2,16,17,18). The molecule has 6 heteroatoms. The minimum absolute atomic E-state index is 0.0578. The number of ether oxygens (including phenoxy) is 2. The second kappa shape index (κ2) is 6.90. The van der Waals surface area contributed by atoms with Crippen LogP contribution < -0.4 is 15.2 Å². The molecule has 0 spiro atoms. The Labute approximate surface area is 123 Å². The first-order valence-corrected chi connectivity index (χ1v) is 6.75. The number of nitrogens with two attached hydrogens (primary N) is 1. The molecule has 1 aromatic carbocycles. The first kappa shape index (κ1) is 15.1. The molecular weight excluding hydrogens is 270 g/mol. The van der Waals surface area contributed by atoms with E-state index >= 15 is 0 Å². The minimum Gasteiger partial charge on any atom is -0.493 e. The van der Waals surface area contributed by atoms with Crippen LogP contribution in [0.2, 0.25) is 0 Å². The summed E-state index contributed by atoms with van der Waals surface area (Å²) in [6, 6.07) is 6.77. The van der Waals surface area contributed by atoms with Crippen LogP contribution in [0.25, 0.3) is 0 Å². The molecule has 0 fully saturated rings. The molecule has 0 saturated heterocycles. The molecular formula is C15H19N3O3. The quantitative estimate of drug-likeness (QED) is 0.848.